The van der Waals surface area contributed by atoms with E-state index in [-0.39, 0.29) is 23.6 Å². The number of imidazole rings is 4. The monoisotopic (exact) mass is 1700 g/mol. The van der Waals surface area contributed by atoms with Crippen LogP contribution in [0.15, 0.2) is 262 Å². The van der Waals surface area contributed by atoms with Crippen molar-refractivity contribution in [1.82, 2.24) is 57.5 Å². The number of nitrogens with zero attached hydrogens (tertiary/aromatic N) is 12. The van der Waals surface area contributed by atoms with Crippen LogP contribution in [0.25, 0.3) is 68.1 Å². The average Bonchev–Trinajstić information content (AvgIpc) is 1.68. The summed E-state index contributed by atoms with van der Waals surface area (Å²) >= 11 is 19.9. The zero-order valence-electron chi connectivity index (χ0n) is 58.4. The van der Waals surface area contributed by atoms with E-state index in [1.165, 1.54) is 10.6 Å². The van der Waals surface area contributed by atoms with Gasteiger partial charge in [0.15, 0.2) is 5.82 Å². The van der Waals surface area contributed by atoms with Gasteiger partial charge in [0.25, 0.3) is 23.6 Å². The first-order valence-electron chi connectivity index (χ1n) is 33.4. The normalized spacial score (nSPS) is 10.9. The molecule has 108 heavy (non-hydrogen) atoms. The number of carbonyl (C=O) groups excluding carboxylic acids is 4. The van der Waals surface area contributed by atoms with Crippen molar-refractivity contribution in [2.24, 2.45) is 0 Å². The van der Waals surface area contributed by atoms with Crippen molar-refractivity contribution < 1.29 is 23.6 Å². The summed E-state index contributed by atoms with van der Waals surface area (Å²) in [5.74, 6) is 1.12. The van der Waals surface area contributed by atoms with Gasteiger partial charge in [-0.25, -0.2) is 44.3 Å². The lowest BCUT2D eigenvalue weighted by Crippen LogP contribution is -2.13. The molecule has 8 heterocycles. The Balaban J connectivity index is 0.000000127. The van der Waals surface area contributed by atoms with Gasteiger partial charge in [-0.1, -0.05) is 103 Å². The Morgan fingerprint density at radius 1 is 0.333 bits per heavy atom. The number of aryl methyl sites for hydroxylation is 6. The quantitative estimate of drug-likeness (QED) is 0.0894. The third-order valence-electron chi connectivity index (χ3n) is 16.9. The highest BCUT2D eigenvalue weighted by Gasteiger charge is 2.19. The van der Waals surface area contributed by atoms with Crippen LogP contribution >= 0.6 is 75.3 Å². The molecule has 16 rings (SSSR count). The molecule has 0 saturated carbocycles. The highest BCUT2D eigenvalue weighted by atomic mass is 79.9. The summed E-state index contributed by atoms with van der Waals surface area (Å²) in [7, 11) is 0. The van der Waals surface area contributed by atoms with Crippen molar-refractivity contribution in [3.63, 3.8) is 0 Å². The number of benzene rings is 8. The molecule has 0 unspecified atom stereocenters. The van der Waals surface area contributed by atoms with E-state index >= 15 is 0 Å². The third-order valence-corrected chi connectivity index (χ3v) is 20.0. The van der Waals surface area contributed by atoms with E-state index in [1.807, 2.05) is 231 Å². The second-order valence-corrected chi connectivity index (χ2v) is 28.8. The van der Waals surface area contributed by atoms with Crippen LogP contribution in [0.3, 0.4) is 0 Å². The van der Waals surface area contributed by atoms with E-state index in [2.05, 4.69) is 125 Å². The molecule has 8 aromatic heterocycles. The Labute approximate surface area is 657 Å². The minimum atomic E-state index is -0.434. The molecule has 26 heteroatoms. The van der Waals surface area contributed by atoms with E-state index in [0.717, 1.165) is 108 Å². The van der Waals surface area contributed by atoms with Gasteiger partial charge in [0.1, 0.15) is 0 Å². The third kappa shape index (κ3) is 17.5. The van der Waals surface area contributed by atoms with Crippen LogP contribution in [0.1, 0.15) is 74.8 Å². The molecule has 4 amide bonds. The second kappa shape index (κ2) is 33.0. The Morgan fingerprint density at radius 2 is 0.593 bits per heavy atom. The molecule has 0 spiro atoms. The number of hydrogen-bond acceptors (Lipinski definition) is 12. The van der Waals surface area contributed by atoms with E-state index in [4.69, 9.17) is 11.6 Å². The van der Waals surface area contributed by atoms with Crippen molar-refractivity contribution in [3.8, 4) is 45.0 Å². The summed E-state index contributed by atoms with van der Waals surface area (Å²) in [5.41, 5.74) is 17.6. The molecule has 0 aliphatic rings. The summed E-state index contributed by atoms with van der Waals surface area (Å²) < 4.78 is 23.5. The number of amides is 4. The highest BCUT2D eigenvalue weighted by molar-refractivity contribution is 9.11. The van der Waals surface area contributed by atoms with Crippen molar-refractivity contribution in [2.45, 2.75) is 41.5 Å². The number of hydrogen-bond donors (Lipinski definition) is 4. The maximum atomic E-state index is 13.3. The summed E-state index contributed by atoms with van der Waals surface area (Å²) in [5, 5.41) is 12.3. The number of carbonyl (C=O) groups is 4. The van der Waals surface area contributed by atoms with E-state index in [1.54, 1.807) is 55.1 Å². The zero-order chi connectivity index (χ0) is 75.9. The molecule has 0 saturated heterocycles. The van der Waals surface area contributed by atoms with Gasteiger partial charge >= 0.3 is 0 Å². The van der Waals surface area contributed by atoms with Crippen LogP contribution in [0.2, 0.25) is 5.02 Å². The molecular weight excluding hydrogens is 1650 g/mol. The van der Waals surface area contributed by atoms with E-state index in [9.17, 15) is 23.6 Å². The fourth-order valence-electron chi connectivity index (χ4n) is 11.2. The van der Waals surface area contributed by atoms with E-state index in [0.29, 0.717) is 67.5 Å². The second-order valence-electron chi connectivity index (χ2n) is 25.0. The SMILES string of the molecule is Cc1ccc(-c2cn3cc(F)cnc3n2)cc1NC(=O)c1ccccc1Br.Cc1cnc2nc(-c3ccc(C)c(NC(=O)c4ccccc4Br)c3)cn2c1.Cc1cnc2nc(-c3ccc(C)c(NC(=O)c4ccccc4Br)c3)cn2c1.Cc1cnc2nc(-c3ccc(Cl)c(NC(=O)c4ccccc4Br)c3)cn2c1. The molecule has 8 aromatic carbocycles. The molecule has 0 aliphatic carbocycles. The molecule has 20 nitrogen and oxygen atoms in total. The number of rotatable bonds is 12. The zero-order valence-corrected chi connectivity index (χ0v) is 65.5. The minimum Gasteiger partial charge on any atom is -0.322 e. The first kappa shape index (κ1) is 74.5. The van der Waals surface area contributed by atoms with Crippen LogP contribution in [0, 0.1) is 47.4 Å². The number of aromatic nitrogens is 12. The van der Waals surface area contributed by atoms with Gasteiger partial charge in [-0.2, -0.15) is 0 Å². The van der Waals surface area contributed by atoms with Crippen molar-refractivity contribution in [2.75, 3.05) is 21.3 Å². The summed E-state index contributed by atoms with van der Waals surface area (Å²) in [6, 6.07) is 52.1. The molecule has 16 aromatic rings. The molecule has 4 N–H and O–H groups in total. The van der Waals surface area contributed by atoms with Crippen molar-refractivity contribution in [1.29, 1.82) is 0 Å². The van der Waals surface area contributed by atoms with Gasteiger partial charge in [0.05, 0.1) is 61.9 Å². The van der Waals surface area contributed by atoms with Crippen LogP contribution in [-0.2, 0) is 0 Å². The Hall–Kier alpha value is -11.7. The van der Waals surface area contributed by atoms with Gasteiger partial charge in [0.2, 0.25) is 23.1 Å². The lowest BCUT2D eigenvalue weighted by Gasteiger charge is -2.11. The van der Waals surface area contributed by atoms with Gasteiger partial charge in [-0.3, -0.25) is 36.8 Å². The predicted molar refractivity (Wildman–Crippen MR) is 435 cm³/mol. The fraction of sp³-hybridized carbons (Fsp3) is 0.0732. The smallest absolute Gasteiger partial charge is 0.256 e. The summed E-state index contributed by atoms with van der Waals surface area (Å²) in [4.78, 5) is 85.5. The largest absolute Gasteiger partial charge is 0.322 e. The standard InChI is InChI=1S/2C21H17BrN4O.C20H14BrClN4O.C20H14BrFN4O/c2*1-13-10-23-21-25-19(12-26(21)11-13)15-8-7-14(2)18(9-15)24-20(27)16-5-3-4-6-17(16)22;1-12-9-23-20-25-18(11-26(20)10-12)13-6-7-16(22)17(8-13)24-19(27)14-4-2-3-5-15(14)21;1-12-6-7-13(18-11-26-10-14(22)9-23-20(26)25-18)8-17(12)24-19(27)15-4-2-3-5-16(15)21/h2*3-12H,1-2H3,(H,24,27);2*2-11H,1H3,(H,24,27). The van der Waals surface area contributed by atoms with Crippen LogP contribution in [0.4, 0.5) is 27.1 Å². The molecule has 0 bridgehead atoms. The predicted octanol–water partition coefficient (Wildman–Crippen LogP) is 20.3. The van der Waals surface area contributed by atoms with Gasteiger partial charge in [-0.05, 0) is 218 Å². The number of halogens is 6. The Bertz CT molecular complexity index is 5420. The average molecular weight is 1710 g/mol. The van der Waals surface area contributed by atoms with Crippen molar-refractivity contribution in [3.05, 3.63) is 329 Å². The Kier molecular flexibility index (Phi) is 22.7. The fourth-order valence-corrected chi connectivity index (χ4v) is 13.3. The first-order chi connectivity index (χ1) is 52.0. The molecule has 0 atom stereocenters. The summed E-state index contributed by atoms with van der Waals surface area (Å²) in [6.45, 7) is 11.8. The molecule has 0 fully saturated rings. The lowest BCUT2D eigenvalue weighted by molar-refractivity contribution is 0.101. The topological polar surface area (TPSA) is 237 Å². The molecular formula is C82H62Br4ClFN16O4. The van der Waals surface area contributed by atoms with Gasteiger partial charge in [0, 0.05) is 125 Å². The number of anilines is 4. The lowest BCUT2D eigenvalue weighted by atomic mass is 10.1. The highest BCUT2D eigenvalue weighted by Crippen LogP contribution is 2.33. The summed E-state index contributed by atoms with van der Waals surface area (Å²) in [6.07, 6.45) is 21.3. The molecule has 536 valence electrons. The van der Waals surface area contributed by atoms with Crippen LogP contribution in [-0.4, -0.2) is 81.1 Å². The molecule has 0 radical (unpaired) electrons. The number of nitrogens with one attached hydrogen (secondary N) is 4. The Morgan fingerprint density at radius 3 is 0.898 bits per heavy atom. The van der Waals surface area contributed by atoms with Crippen molar-refractivity contribution >= 4 is 145 Å². The first-order valence-corrected chi connectivity index (χ1v) is 36.9. The maximum absolute atomic E-state index is 13.3. The van der Waals surface area contributed by atoms with E-state index < -0.39 is 5.82 Å². The van der Waals surface area contributed by atoms with Crippen LogP contribution in [0.5, 0.6) is 0 Å². The molecule has 0 aliphatic heterocycles. The maximum Gasteiger partial charge on any atom is 0.256 e. The van der Waals surface area contributed by atoms with Gasteiger partial charge < -0.3 is 21.3 Å². The van der Waals surface area contributed by atoms with Gasteiger partial charge in [-0.15, -0.1) is 0 Å². The van der Waals surface area contributed by atoms with Crippen LogP contribution < -0.4 is 21.3 Å². The number of fused-ring (bicyclic) bond motifs is 4. The minimum absolute atomic E-state index is 0.157.